The first-order valence-corrected chi connectivity index (χ1v) is 13.2. The molecule has 10 heteroatoms. The second-order valence-corrected chi connectivity index (χ2v) is 10.8. The van der Waals surface area contributed by atoms with E-state index >= 15 is 0 Å². The van der Waals surface area contributed by atoms with E-state index in [9.17, 15) is 14.4 Å². The van der Waals surface area contributed by atoms with E-state index in [1.54, 1.807) is 39.0 Å². The number of nitrogens with one attached hydrogen (secondary N) is 3. The number of rotatable bonds is 11. The van der Waals surface area contributed by atoms with Gasteiger partial charge in [0, 0.05) is 11.6 Å². The highest BCUT2D eigenvalue weighted by Gasteiger charge is 2.26. The van der Waals surface area contributed by atoms with Gasteiger partial charge in [0.05, 0.1) is 13.2 Å². The van der Waals surface area contributed by atoms with Crippen LogP contribution in [0.2, 0.25) is 0 Å². The number of hydrogen-bond acceptors (Lipinski definition) is 7. The summed E-state index contributed by atoms with van der Waals surface area (Å²) in [5.41, 5.74) is 3.07. The number of furan rings is 1. The summed E-state index contributed by atoms with van der Waals surface area (Å²) in [6, 6.07) is 15.1. The van der Waals surface area contributed by atoms with Crippen LogP contribution in [0.15, 0.2) is 64.1 Å². The van der Waals surface area contributed by atoms with Crippen LogP contribution in [0.4, 0.5) is 4.79 Å². The van der Waals surface area contributed by atoms with E-state index in [2.05, 4.69) is 21.2 Å². The molecule has 3 aromatic rings. The highest BCUT2D eigenvalue weighted by molar-refractivity contribution is 5.99. The standard InChI is InChI=1S/C30H38N4O6/c1-19(2)15-23(33-28(36)25-17-21-13-10-14-24(38-6)26(21)39-25)27(35)32-22(16-20-11-8-7-9-12-20)18-31-34-29(37)40-30(3,4)5/h7-14,17-19,22-23H,15-16H2,1-6H3,(H,32,35)(H,33,36)(H,34,37)/t22-,23-/m0/s1. The van der Waals surface area contributed by atoms with E-state index in [1.165, 1.54) is 13.3 Å². The Morgan fingerprint density at radius 3 is 2.40 bits per heavy atom. The molecule has 2 atom stereocenters. The summed E-state index contributed by atoms with van der Waals surface area (Å²) in [7, 11) is 1.53. The van der Waals surface area contributed by atoms with E-state index in [1.807, 2.05) is 50.2 Å². The van der Waals surface area contributed by atoms with Crippen LogP contribution in [-0.2, 0) is 16.0 Å². The van der Waals surface area contributed by atoms with Crippen molar-refractivity contribution in [3.8, 4) is 5.75 Å². The Labute approximate surface area is 234 Å². The minimum absolute atomic E-state index is 0.0741. The second kappa shape index (κ2) is 13.6. The van der Waals surface area contributed by atoms with E-state index in [0.29, 0.717) is 29.6 Å². The van der Waals surface area contributed by atoms with Gasteiger partial charge < -0.3 is 24.5 Å². The van der Waals surface area contributed by atoms with Crippen LogP contribution in [0.1, 0.15) is 57.2 Å². The molecule has 0 aliphatic rings. The monoisotopic (exact) mass is 550 g/mol. The molecule has 0 unspecified atom stereocenters. The van der Waals surface area contributed by atoms with Crippen molar-refractivity contribution in [2.45, 2.75) is 65.1 Å². The average Bonchev–Trinajstić information content (AvgIpc) is 3.32. The lowest BCUT2D eigenvalue weighted by Gasteiger charge is -2.23. The Kier molecular flexibility index (Phi) is 10.3. The molecular weight excluding hydrogens is 512 g/mol. The maximum atomic E-state index is 13.5. The summed E-state index contributed by atoms with van der Waals surface area (Å²) >= 11 is 0. The SMILES string of the molecule is COc1cccc2cc(C(=O)N[C@@H](CC(C)C)C(=O)N[C@H](C=NNC(=O)OC(C)(C)C)Cc3ccccc3)oc12. The minimum Gasteiger partial charge on any atom is -0.493 e. The Morgan fingerprint density at radius 1 is 1.02 bits per heavy atom. The molecule has 3 N–H and O–H groups in total. The zero-order valence-corrected chi connectivity index (χ0v) is 23.8. The third kappa shape index (κ3) is 9.14. The van der Waals surface area contributed by atoms with Crippen LogP contribution in [0, 0.1) is 5.92 Å². The molecule has 0 saturated carbocycles. The Morgan fingerprint density at radius 2 is 1.75 bits per heavy atom. The number of amides is 3. The third-order valence-corrected chi connectivity index (χ3v) is 5.72. The largest absolute Gasteiger partial charge is 0.493 e. The van der Waals surface area contributed by atoms with E-state index in [4.69, 9.17) is 13.9 Å². The number of carbonyl (C=O) groups excluding carboxylic acids is 3. The van der Waals surface area contributed by atoms with Crippen molar-refractivity contribution in [2.24, 2.45) is 11.0 Å². The molecule has 2 aromatic carbocycles. The molecule has 214 valence electrons. The summed E-state index contributed by atoms with van der Waals surface area (Å²) in [5.74, 6) is -0.206. The molecule has 3 rings (SSSR count). The van der Waals surface area contributed by atoms with Crippen LogP contribution in [-0.4, -0.2) is 48.9 Å². The van der Waals surface area contributed by atoms with Crippen LogP contribution in [0.5, 0.6) is 5.75 Å². The normalized spacial score (nSPS) is 13.2. The Bertz CT molecular complexity index is 1330. The number of ether oxygens (including phenoxy) is 2. The molecule has 1 aromatic heterocycles. The van der Waals surface area contributed by atoms with Crippen molar-refractivity contribution in [1.82, 2.24) is 16.1 Å². The number of hydrogen-bond donors (Lipinski definition) is 3. The van der Waals surface area contributed by atoms with Gasteiger partial charge in [-0.1, -0.05) is 56.3 Å². The van der Waals surface area contributed by atoms with Crippen LogP contribution in [0.3, 0.4) is 0 Å². The number of para-hydroxylation sites is 1. The fourth-order valence-corrected chi connectivity index (χ4v) is 4.01. The van der Waals surface area contributed by atoms with Gasteiger partial charge in [-0.3, -0.25) is 9.59 Å². The molecule has 3 amide bonds. The topological polar surface area (TPSA) is 131 Å². The molecule has 0 bridgehead atoms. The molecule has 10 nitrogen and oxygen atoms in total. The predicted octanol–water partition coefficient (Wildman–Crippen LogP) is 4.82. The summed E-state index contributed by atoms with van der Waals surface area (Å²) in [5, 5.41) is 10.5. The highest BCUT2D eigenvalue weighted by Crippen LogP contribution is 2.28. The Hall–Kier alpha value is -4.34. The van der Waals surface area contributed by atoms with Crippen molar-refractivity contribution in [1.29, 1.82) is 0 Å². The van der Waals surface area contributed by atoms with Crippen LogP contribution < -0.4 is 20.8 Å². The highest BCUT2D eigenvalue weighted by atomic mass is 16.6. The van der Waals surface area contributed by atoms with Gasteiger partial charge in [-0.15, -0.1) is 0 Å². The zero-order chi connectivity index (χ0) is 29.3. The average molecular weight is 551 g/mol. The summed E-state index contributed by atoms with van der Waals surface area (Å²) < 4.78 is 16.3. The van der Waals surface area contributed by atoms with Gasteiger partial charge in [0.15, 0.2) is 17.1 Å². The van der Waals surface area contributed by atoms with E-state index in [-0.39, 0.29) is 17.6 Å². The molecule has 0 saturated heterocycles. The quantitative estimate of drug-likeness (QED) is 0.232. The zero-order valence-electron chi connectivity index (χ0n) is 23.8. The molecular formula is C30H38N4O6. The number of benzene rings is 2. The van der Waals surface area contributed by atoms with Crippen molar-refractivity contribution >= 4 is 35.1 Å². The van der Waals surface area contributed by atoms with Gasteiger partial charge >= 0.3 is 6.09 Å². The van der Waals surface area contributed by atoms with Crippen LogP contribution in [0.25, 0.3) is 11.0 Å². The number of fused-ring (bicyclic) bond motifs is 1. The maximum absolute atomic E-state index is 13.5. The first-order chi connectivity index (χ1) is 18.9. The van der Waals surface area contributed by atoms with Gasteiger partial charge in [0.25, 0.3) is 5.91 Å². The molecule has 0 spiro atoms. The lowest BCUT2D eigenvalue weighted by Crippen LogP contribution is -2.51. The van der Waals surface area contributed by atoms with Crippen LogP contribution >= 0.6 is 0 Å². The van der Waals surface area contributed by atoms with Gasteiger partial charge in [-0.25, -0.2) is 10.2 Å². The lowest BCUT2D eigenvalue weighted by atomic mass is 10.0. The van der Waals surface area contributed by atoms with Gasteiger partial charge in [0.2, 0.25) is 5.91 Å². The lowest BCUT2D eigenvalue weighted by molar-refractivity contribution is -0.123. The molecule has 40 heavy (non-hydrogen) atoms. The third-order valence-electron chi connectivity index (χ3n) is 5.72. The molecule has 0 radical (unpaired) electrons. The van der Waals surface area contributed by atoms with Gasteiger partial charge in [-0.2, -0.15) is 5.10 Å². The predicted molar refractivity (Wildman–Crippen MR) is 153 cm³/mol. The van der Waals surface area contributed by atoms with Crippen molar-refractivity contribution in [3.05, 3.63) is 65.9 Å². The molecule has 1 heterocycles. The Balaban J connectivity index is 1.76. The molecule has 0 aliphatic heterocycles. The number of hydrazone groups is 1. The van der Waals surface area contributed by atoms with Crippen molar-refractivity contribution in [2.75, 3.05) is 7.11 Å². The second-order valence-electron chi connectivity index (χ2n) is 10.8. The van der Waals surface area contributed by atoms with Gasteiger partial charge in [0.1, 0.15) is 11.6 Å². The first-order valence-electron chi connectivity index (χ1n) is 13.2. The smallest absolute Gasteiger partial charge is 0.428 e. The first kappa shape index (κ1) is 30.2. The van der Waals surface area contributed by atoms with Crippen molar-refractivity contribution in [3.63, 3.8) is 0 Å². The fourth-order valence-electron chi connectivity index (χ4n) is 4.01. The fraction of sp³-hybridized carbons (Fsp3) is 0.400. The van der Waals surface area contributed by atoms with E-state index < -0.39 is 29.7 Å². The van der Waals surface area contributed by atoms with E-state index in [0.717, 1.165) is 5.56 Å². The number of carbonyl (C=O) groups is 3. The summed E-state index contributed by atoms with van der Waals surface area (Å²) in [6.07, 6.45) is 1.54. The molecule has 0 fully saturated rings. The molecule has 0 aliphatic carbocycles. The minimum atomic E-state index is -0.840. The van der Waals surface area contributed by atoms with Crippen molar-refractivity contribution < 1.29 is 28.3 Å². The van der Waals surface area contributed by atoms with Gasteiger partial charge in [-0.05, 0) is 57.2 Å². The number of nitrogens with zero attached hydrogens (tertiary/aromatic N) is 1. The number of methoxy groups -OCH3 is 1. The summed E-state index contributed by atoms with van der Waals surface area (Å²) in [6.45, 7) is 9.18. The maximum Gasteiger partial charge on any atom is 0.428 e. The summed E-state index contributed by atoms with van der Waals surface area (Å²) in [4.78, 5) is 38.6.